The molecule has 0 aliphatic heterocycles. The van der Waals surface area contributed by atoms with Crippen LogP contribution >= 0.6 is 22.9 Å². The summed E-state index contributed by atoms with van der Waals surface area (Å²) in [7, 11) is 0. The van der Waals surface area contributed by atoms with E-state index < -0.39 is 0 Å². The van der Waals surface area contributed by atoms with E-state index in [4.69, 9.17) is 16.9 Å². The van der Waals surface area contributed by atoms with Gasteiger partial charge in [0.05, 0.1) is 10.4 Å². The van der Waals surface area contributed by atoms with E-state index in [-0.39, 0.29) is 6.04 Å². The van der Waals surface area contributed by atoms with Gasteiger partial charge in [-0.15, -0.1) is 11.3 Å². The van der Waals surface area contributed by atoms with Crippen molar-refractivity contribution in [2.45, 2.75) is 12.6 Å². The monoisotopic (exact) mass is 262 g/mol. The second-order valence-electron chi connectivity index (χ2n) is 3.58. The Bertz CT molecular complexity index is 516. The number of halogens is 1. The van der Waals surface area contributed by atoms with E-state index in [1.165, 1.54) is 11.3 Å². The molecule has 17 heavy (non-hydrogen) atoms. The zero-order valence-electron chi connectivity index (χ0n) is 9.06. The molecule has 1 heterocycles. The third-order valence-corrected chi connectivity index (χ3v) is 3.64. The van der Waals surface area contributed by atoms with E-state index in [0.29, 0.717) is 10.9 Å². The molecule has 0 spiro atoms. The Kier molecular flexibility index (Phi) is 4.16. The van der Waals surface area contributed by atoms with Crippen LogP contribution in [-0.2, 0) is 6.54 Å². The van der Waals surface area contributed by atoms with Crippen LogP contribution in [-0.4, -0.2) is 0 Å². The fraction of sp³-hybridized carbons (Fsp3) is 0.154. The van der Waals surface area contributed by atoms with Crippen LogP contribution in [0.15, 0.2) is 41.8 Å². The minimum Gasteiger partial charge on any atom is -0.294 e. The maximum Gasteiger partial charge on any atom is 0.123 e. The SMILES string of the molecule is N#CC(NCc1ccccc1)c1ccsc1Cl. The molecule has 2 nitrogen and oxygen atoms in total. The van der Waals surface area contributed by atoms with Crippen molar-refractivity contribution in [1.82, 2.24) is 5.32 Å². The fourth-order valence-corrected chi connectivity index (χ4v) is 2.53. The van der Waals surface area contributed by atoms with Gasteiger partial charge in [0, 0.05) is 12.1 Å². The van der Waals surface area contributed by atoms with E-state index in [0.717, 1.165) is 11.1 Å². The normalized spacial score (nSPS) is 12.0. The molecule has 2 rings (SSSR count). The summed E-state index contributed by atoms with van der Waals surface area (Å²) in [6.45, 7) is 0.658. The molecule has 1 aromatic carbocycles. The lowest BCUT2D eigenvalue weighted by Crippen LogP contribution is -2.19. The van der Waals surface area contributed by atoms with Crippen LogP contribution < -0.4 is 5.32 Å². The van der Waals surface area contributed by atoms with Crippen LogP contribution in [0.2, 0.25) is 4.34 Å². The Labute approximate surface area is 109 Å². The minimum atomic E-state index is -0.353. The number of nitrogens with one attached hydrogen (secondary N) is 1. The van der Waals surface area contributed by atoms with Crippen molar-refractivity contribution in [2.75, 3.05) is 0 Å². The molecule has 0 saturated carbocycles. The smallest absolute Gasteiger partial charge is 0.123 e. The summed E-state index contributed by atoms with van der Waals surface area (Å²) in [6, 6.07) is 13.7. The fourth-order valence-electron chi connectivity index (χ4n) is 1.55. The maximum atomic E-state index is 9.13. The zero-order valence-corrected chi connectivity index (χ0v) is 10.6. The molecule has 86 valence electrons. The minimum absolute atomic E-state index is 0.353. The van der Waals surface area contributed by atoms with E-state index in [1.807, 2.05) is 41.8 Å². The molecule has 0 radical (unpaired) electrons. The molecule has 0 bridgehead atoms. The van der Waals surface area contributed by atoms with Gasteiger partial charge in [-0.3, -0.25) is 5.32 Å². The molecule has 1 aromatic heterocycles. The molecular weight excluding hydrogens is 252 g/mol. The van der Waals surface area contributed by atoms with Gasteiger partial charge in [0.25, 0.3) is 0 Å². The standard InChI is InChI=1S/C13H11ClN2S/c14-13-11(6-7-17-13)12(8-15)16-9-10-4-2-1-3-5-10/h1-7,12,16H,9H2. The van der Waals surface area contributed by atoms with E-state index >= 15 is 0 Å². The van der Waals surface area contributed by atoms with Crippen molar-refractivity contribution in [1.29, 1.82) is 5.26 Å². The number of nitriles is 1. The molecule has 0 fully saturated rings. The average Bonchev–Trinajstić information content (AvgIpc) is 2.78. The summed E-state index contributed by atoms with van der Waals surface area (Å²) >= 11 is 7.47. The first-order valence-corrected chi connectivity index (χ1v) is 6.47. The van der Waals surface area contributed by atoms with Crippen molar-refractivity contribution >= 4 is 22.9 Å². The summed E-state index contributed by atoms with van der Waals surface area (Å²) in [5.74, 6) is 0. The molecule has 2 aromatic rings. The van der Waals surface area contributed by atoms with Crippen molar-refractivity contribution in [3.8, 4) is 6.07 Å². The highest BCUT2D eigenvalue weighted by molar-refractivity contribution is 7.14. The molecule has 4 heteroatoms. The molecule has 1 unspecified atom stereocenters. The second kappa shape index (κ2) is 5.83. The lowest BCUT2D eigenvalue weighted by molar-refractivity contribution is 0.632. The van der Waals surface area contributed by atoms with Crippen molar-refractivity contribution in [3.63, 3.8) is 0 Å². The summed E-state index contributed by atoms with van der Waals surface area (Å²) in [5.41, 5.74) is 2.01. The van der Waals surface area contributed by atoms with Crippen LogP contribution in [0, 0.1) is 11.3 Å². The summed E-state index contributed by atoms with van der Waals surface area (Å²) in [4.78, 5) is 0. The average molecular weight is 263 g/mol. The predicted octanol–water partition coefficient (Wildman–Crippen LogP) is 3.76. The van der Waals surface area contributed by atoms with Gasteiger partial charge in [-0.2, -0.15) is 5.26 Å². The largest absolute Gasteiger partial charge is 0.294 e. The third-order valence-electron chi connectivity index (χ3n) is 2.44. The highest BCUT2D eigenvalue weighted by Gasteiger charge is 2.14. The Morgan fingerprint density at radius 2 is 2.06 bits per heavy atom. The molecule has 0 aliphatic carbocycles. The van der Waals surface area contributed by atoms with Crippen LogP contribution in [0.1, 0.15) is 17.2 Å². The first-order chi connectivity index (χ1) is 8.31. The highest BCUT2D eigenvalue weighted by Crippen LogP contribution is 2.28. The van der Waals surface area contributed by atoms with E-state index in [1.54, 1.807) is 0 Å². The molecule has 1 N–H and O–H groups in total. The van der Waals surface area contributed by atoms with Gasteiger partial charge < -0.3 is 0 Å². The summed E-state index contributed by atoms with van der Waals surface area (Å²) in [6.07, 6.45) is 0. The summed E-state index contributed by atoms with van der Waals surface area (Å²) in [5, 5.41) is 14.2. The van der Waals surface area contributed by atoms with E-state index in [2.05, 4.69) is 11.4 Å². The van der Waals surface area contributed by atoms with Crippen LogP contribution in [0.3, 0.4) is 0 Å². The van der Waals surface area contributed by atoms with Gasteiger partial charge in [0.2, 0.25) is 0 Å². The lowest BCUT2D eigenvalue weighted by Gasteiger charge is -2.10. The Morgan fingerprint density at radius 1 is 1.29 bits per heavy atom. The molecule has 0 aliphatic rings. The number of hydrogen-bond acceptors (Lipinski definition) is 3. The predicted molar refractivity (Wildman–Crippen MR) is 71.0 cm³/mol. The van der Waals surface area contributed by atoms with Gasteiger partial charge in [0.1, 0.15) is 6.04 Å². The highest BCUT2D eigenvalue weighted by atomic mass is 35.5. The Hall–Kier alpha value is -1.34. The van der Waals surface area contributed by atoms with Gasteiger partial charge >= 0.3 is 0 Å². The summed E-state index contributed by atoms with van der Waals surface area (Å²) < 4.78 is 0.678. The topological polar surface area (TPSA) is 35.8 Å². The van der Waals surface area contributed by atoms with Gasteiger partial charge in [0.15, 0.2) is 0 Å². The zero-order chi connectivity index (χ0) is 12.1. The van der Waals surface area contributed by atoms with Gasteiger partial charge in [-0.05, 0) is 17.0 Å². The lowest BCUT2D eigenvalue weighted by atomic mass is 10.1. The second-order valence-corrected chi connectivity index (χ2v) is 5.10. The number of benzene rings is 1. The van der Waals surface area contributed by atoms with Crippen LogP contribution in [0.25, 0.3) is 0 Å². The number of rotatable bonds is 4. The van der Waals surface area contributed by atoms with Gasteiger partial charge in [-0.25, -0.2) is 0 Å². The quantitative estimate of drug-likeness (QED) is 0.911. The Morgan fingerprint density at radius 3 is 2.65 bits per heavy atom. The van der Waals surface area contributed by atoms with Crippen LogP contribution in [0.5, 0.6) is 0 Å². The number of hydrogen-bond donors (Lipinski definition) is 1. The number of nitrogens with zero attached hydrogens (tertiary/aromatic N) is 1. The molecule has 1 atom stereocenters. The number of thiophene rings is 1. The van der Waals surface area contributed by atoms with Crippen LogP contribution in [0.4, 0.5) is 0 Å². The molecule has 0 saturated heterocycles. The molecule has 0 amide bonds. The van der Waals surface area contributed by atoms with Crippen molar-refractivity contribution in [3.05, 3.63) is 57.2 Å². The maximum absolute atomic E-state index is 9.13. The first-order valence-electron chi connectivity index (χ1n) is 5.21. The van der Waals surface area contributed by atoms with Gasteiger partial charge in [-0.1, -0.05) is 41.9 Å². The molecular formula is C13H11ClN2S. The van der Waals surface area contributed by atoms with Crippen molar-refractivity contribution < 1.29 is 0 Å². The van der Waals surface area contributed by atoms with Crippen molar-refractivity contribution in [2.24, 2.45) is 0 Å². The first kappa shape index (κ1) is 12.1. The Balaban J connectivity index is 2.03. The third kappa shape index (κ3) is 3.07. The van der Waals surface area contributed by atoms with E-state index in [9.17, 15) is 0 Å².